The van der Waals surface area contributed by atoms with Crippen LogP contribution in [0.5, 0.6) is 5.75 Å². The summed E-state index contributed by atoms with van der Waals surface area (Å²) in [6, 6.07) is 12.4. The summed E-state index contributed by atoms with van der Waals surface area (Å²) in [6.07, 6.45) is 3.59. The molecule has 6 nitrogen and oxygen atoms in total. The van der Waals surface area contributed by atoms with Crippen molar-refractivity contribution in [3.8, 4) is 16.9 Å². The Morgan fingerprint density at radius 1 is 1.15 bits per heavy atom. The zero-order valence-electron chi connectivity index (χ0n) is 14.9. The number of benzene rings is 2. The number of anilines is 1. The second-order valence-corrected chi connectivity index (χ2v) is 6.36. The fraction of sp³-hybridized carbons (Fsp3) is 0.200. The SMILES string of the molecule is COc1cc(CN2CCN(c3ccc(-c4cn[nH]c4)cc3)C2=O)ccc1F. The minimum atomic E-state index is -0.409. The third kappa shape index (κ3) is 3.36. The number of hydrogen-bond donors (Lipinski definition) is 1. The highest BCUT2D eigenvalue weighted by molar-refractivity contribution is 5.94. The van der Waals surface area contributed by atoms with E-state index in [1.54, 1.807) is 28.1 Å². The van der Waals surface area contributed by atoms with E-state index in [1.165, 1.54) is 13.2 Å². The normalized spacial score (nSPS) is 14.1. The van der Waals surface area contributed by atoms with E-state index in [0.29, 0.717) is 19.6 Å². The Morgan fingerprint density at radius 3 is 2.67 bits per heavy atom. The average Bonchev–Trinajstić information content (AvgIpc) is 3.34. The standard InChI is InChI=1S/C20H19FN4O2/c1-27-19-10-14(2-7-18(19)21)13-24-8-9-25(20(24)26)17-5-3-15(4-6-17)16-11-22-23-12-16/h2-7,10-12H,8-9,13H2,1H3,(H,22,23). The molecule has 0 aliphatic carbocycles. The van der Waals surface area contributed by atoms with Crippen LogP contribution in [0.15, 0.2) is 54.9 Å². The van der Waals surface area contributed by atoms with Gasteiger partial charge in [-0.3, -0.25) is 10.00 Å². The number of halogens is 1. The lowest BCUT2D eigenvalue weighted by Crippen LogP contribution is -2.31. The first-order chi connectivity index (χ1) is 13.2. The molecule has 1 aliphatic rings. The predicted molar refractivity (Wildman–Crippen MR) is 100 cm³/mol. The van der Waals surface area contributed by atoms with Crippen LogP contribution in [-0.4, -0.2) is 41.3 Å². The van der Waals surface area contributed by atoms with Crippen molar-refractivity contribution in [2.45, 2.75) is 6.54 Å². The first-order valence-corrected chi connectivity index (χ1v) is 8.64. The van der Waals surface area contributed by atoms with Crippen LogP contribution in [-0.2, 0) is 6.54 Å². The summed E-state index contributed by atoms with van der Waals surface area (Å²) in [4.78, 5) is 16.3. The van der Waals surface area contributed by atoms with E-state index in [-0.39, 0.29) is 11.8 Å². The van der Waals surface area contributed by atoms with Crippen molar-refractivity contribution in [3.05, 3.63) is 66.2 Å². The number of rotatable bonds is 5. The minimum Gasteiger partial charge on any atom is -0.494 e. The number of aromatic nitrogens is 2. The molecule has 0 saturated carbocycles. The summed E-state index contributed by atoms with van der Waals surface area (Å²) in [5, 5.41) is 6.74. The van der Waals surface area contributed by atoms with Crippen molar-refractivity contribution in [1.82, 2.24) is 15.1 Å². The van der Waals surface area contributed by atoms with Gasteiger partial charge in [0.15, 0.2) is 11.6 Å². The predicted octanol–water partition coefficient (Wildman–Crippen LogP) is 3.67. The second-order valence-electron chi connectivity index (χ2n) is 6.36. The van der Waals surface area contributed by atoms with Gasteiger partial charge in [0.1, 0.15) is 0 Å². The minimum absolute atomic E-state index is 0.0608. The Labute approximate surface area is 156 Å². The molecule has 2 amide bonds. The van der Waals surface area contributed by atoms with E-state index in [1.807, 2.05) is 30.5 Å². The van der Waals surface area contributed by atoms with E-state index < -0.39 is 5.82 Å². The maximum Gasteiger partial charge on any atom is 0.324 e. The van der Waals surface area contributed by atoms with Gasteiger partial charge >= 0.3 is 6.03 Å². The molecule has 0 atom stereocenters. The quantitative estimate of drug-likeness (QED) is 0.749. The van der Waals surface area contributed by atoms with Gasteiger partial charge in [-0.25, -0.2) is 9.18 Å². The molecule has 1 N–H and O–H groups in total. The molecule has 7 heteroatoms. The van der Waals surface area contributed by atoms with Crippen molar-refractivity contribution in [1.29, 1.82) is 0 Å². The van der Waals surface area contributed by atoms with Gasteiger partial charge < -0.3 is 9.64 Å². The van der Waals surface area contributed by atoms with Crippen LogP contribution in [0.4, 0.5) is 14.9 Å². The lowest BCUT2D eigenvalue weighted by Gasteiger charge is -2.19. The Hall–Kier alpha value is -3.35. The lowest BCUT2D eigenvalue weighted by molar-refractivity contribution is 0.218. The number of urea groups is 1. The van der Waals surface area contributed by atoms with E-state index >= 15 is 0 Å². The maximum absolute atomic E-state index is 13.6. The molecular formula is C20H19FN4O2. The van der Waals surface area contributed by atoms with Gasteiger partial charge in [0.05, 0.1) is 13.3 Å². The topological polar surface area (TPSA) is 61.5 Å². The first-order valence-electron chi connectivity index (χ1n) is 8.64. The first kappa shape index (κ1) is 17.1. The van der Waals surface area contributed by atoms with Gasteiger partial charge in [-0.15, -0.1) is 0 Å². The van der Waals surface area contributed by atoms with Crippen LogP contribution in [0.25, 0.3) is 11.1 Å². The van der Waals surface area contributed by atoms with Crippen LogP contribution < -0.4 is 9.64 Å². The summed E-state index contributed by atoms with van der Waals surface area (Å²) in [7, 11) is 1.43. The highest BCUT2D eigenvalue weighted by Crippen LogP contribution is 2.26. The largest absolute Gasteiger partial charge is 0.494 e. The number of amides is 2. The fourth-order valence-corrected chi connectivity index (χ4v) is 3.23. The molecule has 1 aromatic heterocycles. The molecule has 0 unspecified atom stereocenters. The van der Waals surface area contributed by atoms with Gasteiger partial charge in [-0.1, -0.05) is 18.2 Å². The smallest absolute Gasteiger partial charge is 0.324 e. The van der Waals surface area contributed by atoms with E-state index in [0.717, 1.165) is 22.4 Å². The number of carbonyl (C=O) groups is 1. The van der Waals surface area contributed by atoms with Crippen molar-refractivity contribution in [2.75, 3.05) is 25.1 Å². The second kappa shape index (κ2) is 7.11. The van der Waals surface area contributed by atoms with Gasteiger partial charge in [0.2, 0.25) is 0 Å². The van der Waals surface area contributed by atoms with Crippen molar-refractivity contribution < 1.29 is 13.9 Å². The summed E-state index contributed by atoms with van der Waals surface area (Å²) >= 11 is 0. The van der Waals surface area contributed by atoms with Crippen molar-refractivity contribution in [3.63, 3.8) is 0 Å². The van der Waals surface area contributed by atoms with Gasteiger partial charge in [-0.05, 0) is 35.4 Å². The van der Waals surface area contributed by atoms with Crippen LogP contribution in [0, 0.1) is 5.82 Å². The average molecular weight is 366 g/mol. The summed E-state index contributed by atoms with van der Waals surface area (Å²) < 4.78 is 18.6. The van der Waals surface area contributed by atoms with Gasteiger partial charge in [-0.2, -0.15) is 5.10 Å². The monoisotopic (exact) mass is 366 g/mol. The highest BCUT2D eigenvalue weighted by atomic mass is 19.1. The Kier molecular flexibility index (Phi) is 4.50. The van der Waals surface area contributed by atoms with E-state index in [9.17, 15) is 9.18 Å². The molecule has 0 bridgehead atoms. The molecule has 1 saturated heterocycles. The van der Waals surface area contributed by atoms with Crippen molar-refractivity contribution >= 4 is 11.7 Å². The Bertz CT molecular complexity index is 941. The third-order valence-corrected chi connectivity index (χ3v) is 4.69. The number of carbonyl (C=O) groups excluding carboxylic acids is 1. The van der Waals surface area contributed by atoms with Crippen molar-refractivity contribution in [2.24, 2.45) is 0 Å². The van der Waals surface area contributed by atoms with E-state index in [4.69, 9.17) is 4.74 Å². The van der Waals surface area contributed by atoms with Crippen LogP contribution >= 0.6 is 0 Å². The molecule has 27 heavy (non-hydrogen) atoms. The highest BCUT2D eigenvalue weighted by Gasteiger charge is 2.29. The molecule has 0 spiro atoms. The molecular weight excluding hydrogens is 347 g/mol. The summed E-state index contributed by atoms with van der Waals surface area (Å²) in [5.41, 5.74) is 3.72. The lowest BCUT2D eigenvalue weighted by atomic mass is 10.1. The zero-order valence-corrected chi connectivity index (χ0v) is 14.9. The molecule has 2 aromatic carbocycles. The number of hydrogen-bond acceptors (Lipinski definition) is 3. The number of H-pyrrole nitrogens is 1. The molecule has 138 valence electrons. The number of ether oxygens (including phenoxy) is 1. The fourth-order valence-electron chi connectivity index (χ4n) is 3.23. The third-order valence-electron chi connectivity index (χ3n) is 4.69. The summed E-state index contributed by atoms with van der Waals surface area (Å²) in [6.45, 7) is 1.64. The Balaban J connectivity index is 1.47. The number of nitrogens with zero attached hydrogens (tertiary/aromatic N) is 3. The summed E-state index contributed by atoms with van der Waals surface area (Å²) in [5.74, 6) is -0.223. The molecule has 4 rings (SSSR count). The molecule has 3 aromatic rings. The van der Waals surface area contributed by atoms with Crippen LogP contribution in [0.1, 0.15) is 5.56 Å². The van der Waals surface area contributed by atoms with Gasteiger partial charge in [0, 0.05) is 37.1 Å². The van der Waals surface area contributed by atoms with Crippen LogP contribution in [0.3, 0.4) is 0 Å². The Morgan fingerprint density at radius 2 is 1.96 bits per heavy atom. The molecule has 2 heterocycles. The molecule has 1 fully saturated rings. The van der Waals surface area contributed by atoms with E-state index in [2.05, 4.69) is 10.2 Å². The molecule has 1 aliphatic heterocycles. The van der Waals surface area contributed by atoms with Crippen LogP contribution in [0.2, 0.25) is 0 Å². The molecule has 0 radical (unpaired) electrons. The number of nitrogens with one attached hydrogen (secondary N) is 1. The number of aromatic amines is 1. The maximum atomic E-state index is 13.6. The van der Waals surface area contributed by atoms with Gasteiger partial charge in [0.25, 0.3) is 0 Å². The number of methoxy groups -OCH3 is 1. The zero-order chi connectivity index (χ0) is 18.8.